The maximum atomic E-state index is 11.7. The Morgan fingerprint density at radius 1 is 1.44 bits per heavy atom. The molecule has 0 saturated heterocycles. The van der Waals surface area contributed by atoms with Crippen molar-refractivity contribution in [3.05, 3.63) is 0 Å². The lowest BCUT2D eigenvalue weighted by molar-refractivity contribution is -0.130. The first kappa shape index (κ1) is 13.0. The van der Waals surface area contributed by atoms with Gasteiger partial charge in [0.25, 0.3) is 0 Å². The zero-order valence-corrected chi connectivity index (χ0v) is 10.3. The van der Waals surface area contributed by atoms with Crippen molar-refractivity contribution >= 4 is 5.91 Å². The SMILES string of the molecule is CCN(CCC(=O)N(C)CCC#N)C1CC1. The van der Waals surface area contributed by atoms with Crippen LogP contribution in [0.15, 0.2) is 0 Å². The topological polar surface area (TPSA) is 47.3 Å². The number of hydrogen-bond acceptors (Lipinski definition) is 3. The van der Waals surface area contributed by atoms with Gasteiger partial charge in [-0.1, -0.05) is 6.92 Å². The lowest BCUT2D eigenvalue weighted by Gasteiger charge is -2.21. The Morgan fingerprint density at radius 3 is 2.62 bits per heavy atom. The van der Waals surface area contributed by atoms with Crippen molar-refractivity contribution in [3.8, 4) is 6.07 Å². The summed E-state index contributed by atoms with van der Waals surface area (Å²) in [5, 5.41) is 8.44. The second-order valence-corrected chi connectivity index (χ2v) is 4.33. The summed E-state index contributed by atoms with van der Waals surface area (Å²) in [6, 6.07) is 2.78. The summed E-state index contributed by atoms with van der Waals surface area (Å²) >= 11 is 0. The summed E-state index contributed by atoms with van der Waals surface area (Å²) in [5.74, 6) is 0.148. The number of amides is 1. The van der Waals surface area contributed by atoms with Crippen LogP contribution in [0.5, 0.6) is 0 Å². The zero-order valence-electron chi connectivity index (χ0n) is 10.3. The van der Waals surface area contributed by atoms with Crippen molar-refractivity contribution in [2.24, 2.45) is 0 Å². The lowest BCUT2D eigenvalue weighted by atomic mass is 10.3. The number of nitriles is 1. The van der Waals surface area contributed by atoms with Gasteiger partial charge in [-0.2, -0.15) is 5.26 Å². The molecule has 0 radical (unpaired) electrons. The molecule has 0 N–H and O–H groups in total. The van der Waals surface area contributed by atoms with Crippen LogP contribution in [-0.4, -0.2) is 48.4 Å². The Morgan fingerprint density at radius 2 is 2.12 bits per heavy atom. The van der Waals surface area contributed by atoms with Gasteiger partial charge in [0.1, 0.15) is 0 Å². The van der Waals surface area contributed by atoms with Gasteiger partial charge >= 0.3 is 0 Å². The molecule has 0 atom stereocenters. The van der Waals surface area contributed by atoms with Crippen molar-refractivity contribution < 1.29 is 4.79 Å². The molecule has 0 bridgehead atoms. The molecule has 0 aromatic carbocycles. The van der Waals surface area contributed by atoms with Gasteiger partial charge in [0.2, 0.25) is 5.91 Å². The van der Waals surface area contributed by atoms with Crippen molar-refractivity contribution in [3.63, 3.8) is 0 Å². The molecule has 0 aliphatic heterocycles. The molecule has 1 amide bonds. The fourth-order valence-electron chi connectivity index (χ4n) is 1.81. The fraction of sp³-hybridized carbons (Fsp3) is 0.833. The maximum absolute atomic E-state index is 11.7. The third-order valence-electron chi connectivity index (χ3n) is 3.07. The Balaban J connectivity index is 2.20. The third-order valence-corrected chi connectivity index (χ3v) is 3.07. The number of carbonyl (C=O) groups excluding carboxylic acids is 1. The van der Waals surface area contributed by atoms with Crippen LogP contribution in [-0.2, 0) is 4.79 Å². The molecular formula is C12H21N3O. The third kappa shape index (κ3) is 4.19. The summed E-state index contributed by atoms with van der Waals surface area (Å²) in [6.45, 7) is 4.57. The molecule has 16 heavy (non-hydrogen) atoms. The molecule has 1 saturated carbocycles. The van der Waals surface area contributed by atoms with Gasteiger partial charge < -0.3 is 9.80 Å². The first-order chi connectivity index (χ1) is 7.69. The standard InChI is InChI=1S/C12H21N3O/c1-3-15(11-5-6-11)10-7-12(16)14(2)9-4-8-13/h11H,3-7,9-10H2,1-2H3. The predicted molar refractivity (Wildman–Crippen MR) is 62.8 cm³/mol. The second kappa shape index (κ2) is 6.49. The number of rotatable bonds is 7. The van der Waals surface area contributed by atoms with Gasteiger partial charge in [0, 0.05) is 32.6 Å². The van der Waals surface area contributed by atoms with E-state index in [1.54, 1.807) is 11.9 Å². The van der Waals surface area contributed by atoms with Crippen LogP contribution in [0, 0.1) is 11.3 Å². The van der Waals surface area contributed by atoms with Crippen molar-refractivity contribution in [1.82, 2.24) is 9.80 Å². The molecule has 1 aliphatic rings. The van der Waals surface area contributed by atoms with Crippen LogP contribution in [0.3, 0.4) is 0 Å². The highest BCUT2D eigenvalue weighted by Gasteiger charge is 2.27. The van der Waals surface area contributed by atoms with Gasteiger partial charge in [0.15, 0.2) is 0 Å². The molecule has 0 spiro atoms. The van der Waals surface area contributed by atoms with Crippen LogP contribution in [0.2, 0.25) is 0 Å². The van der Waals surface area contributed by atoms with Gasteiger partial charge in [-0.15, -0.1) is 0 Å². The van der Waals surface area contributed by atoms with E-state index in [0.29, 0.717) is 19.4 Å². The fourth-order valence-corrected chi connectivity index (χ4v) is 1.81. The van der Waals surface area contributed by atoms with E-state index in [-0.39, 0.29) is 5.91 Å². The van der Waals surface area contributed by atoms with E-state index in [2.05, 4.69) is 17.9 Å². The minimum Gasteiger partial charge on any atom is -0.345 e. The van der Waals surface area contributed by atoms with Gasteiger partial charge in [0.05, 0.1) is 12.5 Å². The van der Waals surface area contributed by atoms with E-state index in [0.717, 1.165) is 19.1 Å². The number of carbonyl (C=O) groups is 1. The monoisotopic (exact) mass is 223 g/mol. The first-order valence-electron chi connectivity index (χ1n) is 6.04. The molecule has 0 aromatic rings. The maximum Gasteiger partial charge on any atom is 0.223 e. The van der Waals surface area contributed by atoms with Crippen molar-refractivity contribution in [2.45, 2.75) is 38.6 Å². The number of hydrogen-bond donors (Lipinski definition) is 0. The van der Waals surface area contributed by atoms with Crippen LogP contribution < -0.4 is 0 Å². The van der Waals surface area contributed by atoms with E-state index in [9.17, 15) is 4.79 Å². The van der Waals surface area contributed by atoms with Crippen molar-refractivity contribution in [1.29, 1.82) is 5.26 Å². The normalized spacial score (nSPS) is 14.9. The Kier molecular flexibility index (Phi) is 5.27. The summed E-state index contributed by atoms with van der Waals surface area (Å²) in [5.41, 5.74) is 0. The van der Waals surface area contributed by atoms with Crippen LogP contribution in [0.1, 0.15) is 32.6 Å². The minimum absolute atomic E-state index is 0.148. The van der Waals surface area contributed by atoms with E-state index < -0.39 is 0 Å². The van der Waals surface area contributed by atoms with Gasteiger partial charge in [-0.25, -0.2) is 0 Å². The van der Waals surface area contributed by atoms with Gasteiger partial charge in [-0.05, 0) is 19.4 Å². The largest absolute Gasteiger partial charge is 0.345 e. The molecule has 0 heterocycles. The molecule has 1 rings (SSSR count). The zero-order chi connectivity index (χ0) is 12.0. The summed E-state index contributed by atoms with van der Waals surface area (Å²) in [6.07, 6.45) is 3.56. The first-order valence-corrected chi connectivity index (χ1v) is 6.04. The Bertz CT molecular complexity index is 268. The van der Waals surface area contributed by atoms with Crippen LogP contribution in [0.25, 0.3) is 0 Å². The Hall–Kier alpha value is -1.08. The lowest BCUT2D eigenvalue weighted by Crippen LogP contribution is -2.33. The van der Waals surface area contributed by atoms with E-state index >= 15 is 0 Å². The quantitative estimate of drug-likeness (QED) is 0.652. The number of nitrogens with zero attached hydrogens (tertiary/aromatic N) is 3. The molecular weight excluding hydrogens is 202 g/mol. The molecule has 1 fully saturated rings. The Labute approximate surface area is 97.8 Å². The molecule has 4 heteroatoms. The summed E-state index contributed by atoms with van der Waals surface area (Å²) < 4.78 is 0. The molecule has 4 nitrogen and oxygen atoms in total. The highest BCUT2D eigenvalue weighted by molar-refractivity contribution is 5.76. The average molecular weight is 223 g/mol. The minimum atomic E-state index is 0.148. The smallest absolute Gasteiger partial charge is 0.223 e. The van der Waals surface area contributed by atoms with E-state index in [1.807, 2.05) is 0 Å². The molecule has 90 valence electrons. The van der Waals surface area contributed by atoms with Crippen LogP contribution in [0.4, 0.5) is 0 Å². The molecule has 1 aliphatic carbocycles. The molecule has 0 aromatic heterocycles. The van der Waals surface area contributed by atoms with E-state index in [4.69, 9.17) is 5.26 Å². The summed E-state index contributed by atoms with van der Waals surface area (Å²) in [4.78, 5) is 15.7. The van der Waals surface area contributed by atoms with Gasteiger partial charge in [-0.3, -0.25) is 4.79 Å². The van der Waals surface area contributed by atoms with Crippen LogP contribution >= 0.6 is 0 Å². The summed E-state index contributed by atoms with van der Waals surface area (Å²) in [7, 11) is 1.77. The predicted octanol–water partition coefficient (Wildman–Crippen LogP) is 1.23. The molecule has 0 unspecified atom stereocenters. The van der Waals surface area contributed by atoms with E-state index in [1.165, 1.54) is 12.8 Å². The average Bonchev–Trinajstić information content (AvgIpc) is 3.10. The second-order valence-electron chi connectivity index (χ2n) is 4.33. The van der Waals surface area contributed by atoms with Crippen molar-refractivity contribution in [2.75, 3.05) is 26.7 Å². The highest BCUT2D eigenvalue weighted by Crippen LogP contribution is 2.26. The highest BCUT2D eigenvalue weighted by atomic mass is 16.2.